The van der Waals surface area contributed by atoms with Gasteiger partial charge in [-0.2, -0.15) is 0 Å². The van der Waals surface area contributed by atoms with Gasteiger partial charge in [0.2, 0.25) is 11.8 Å². The summed E-state index contributed by atoms with van der Waals surface area (Å²) in [5, 5.41) is 21.0. The highest BCUT2D eigenvalue weighted by molar-refractivity contribution is 5.71. The van der Waals surface area contributed by atoms with Gasteiger partial charge >= 0.3 is 11.9 Å². The van der Waals surface area contributed by atoms with Crippen LogP contribution < -0.4 is 9.47 Å². The number of fused-ring (bicyclic) bond motifs is 4. The van der Waals surface area contributed by atoms with Crippen LogP contribution in [0.15, 0.2) is 24.3 Å². The van der Waals surface area contributed by atoms with E-state index in [1.807, 2.05) is 38.1 Å². The number of aliphatic hydroxyl groups excluding tert-OH is 2. The minimum Gasteiger partial charge on any atom is -0.481 e. The molecule has 0 aliphatic heterocycles. The summed E-state index contributed by atoms with van der Waals surface area (Å²) >= 11 is 0. The highest BCUT2D eigenvalue weighted by Crippen LogP contribution is 2.46. The number of ether oxygens (including phenoxy) is 4. The predicted octanol–water partition coefficient (Wildman–Crippen LogP) is 5.70. The Morgan fingerprint density at radius 3 is 1.48 bits per heavy atom. The van der Waals surface area contributed by atoms with Gasteiger partial charge in [-0.15, -0.1) is 0 Å². The smallest absolute Gasteiger partial charge is 0.306 e. The van der Waals surface area contributed by atoms with Gasteiger partial charge in [0.05, 0.1) is 52.5 Å². The first-order valence-corrected chi connectivity index (χ1v) is 18.0. The van der Waals surface area contributed by atoms with Crippen molar-refractivity contribution in [1.29, 1.82) is 0 Å². The molecule has 2 aromatic heterocycles. The molecule has 4 aliphatic carbocycles. The van der Waals surface area contributed by atoms with Crippen molar-refractivity contribution in [2.45, 2.75) is 115 Å². The maximum atomic E-state index is 12.1. The normalized spacial score (nSPS) is 29.1. The van der Waals surface area contributed by atoms with Crippen molar-refractivity contribution in [1.82, 2.24) is 9.97 Å². The third kappa shape index (κ3) is 8.67. The minimum atomic E-state index is -0.273. The number of esters is 2. The number of hydrogen-bond acceptors (Lipinski definition) is 10. The molecule has 0 spiro atoms. The lowest BCUT2D eigenvalue weighted by Gasteiger charge is -2.35. The van der Waals surface area contributed by atoms with E-state index in [9.17, 15) is 19.8 Å². The summed E-state index contributed by atoms with van der Waals surface area (Å²) in [6.45, 7) is 4.44. The number of carbonyl (C=O) groups excluding carboxylic acids is 2. The van der Waals surface area contributed by atoms with Crippen molar-refractivity contribution < 1.29 is 38.7 Å². The lowest BCUT2D eigenvalue weighted by atomic mass is 9.73. The van der Waals surface area contributed by atoms with Crippen LogP contribution in [-0.4, -0.2) is 71.8 Å². The zero-order valence-corrected chi connectivity index (χ0v) is 29.1. The Kier molecular flexibility index (Phi) is 12.7. The Bertz CT molecular complexity index is 1280. The molecule has 2 saturated carbocycles. The van der Waals surface area contributed by atoms with E-state index in [2.05, 4.69) is 9.97 Å². The first kappa shape index (κ1) is 36.1. The van der Waals surface area contributed by atoms with Gasteiger partial charge in [0.1, 0.15) is 0 Å². The Balaban J connectivity index is 0.000000188. The van der Waals surface area contributed by atoms with E-state index in [-0.39, 0.29) is 47.8 Å². The van der Waals surface area contributed by atoms with E-state index in [4.69, 9.17) is 18.9 Å². The summed E-state index contributed by atoms with van der Waals surface area (Å²) in [4.78, 5) is 33.4. The van der Waals surface area contributed by atoms with Crippen LogP contribution in [-0.2, 0) is 31.9 Å². The van der Waals surface area contributed by atoms with Crippen LogP contribution in [0.1, 0.15) is 112 Å². The van der Waals surface area contributed by atoms with Crippen LogP contribution in [0.4, 0.5) is 0 Å². The Labute approximate surface area is 284 Å². The molecule has 2 N–H and O–H groups in total. The first-order valence-electron chi connectivity index (χ1n) is 18.0. The minimum absolute atomic E-state index is 0.0557. The van der Waals surface area contributed by atoms with E-state index in [1.165, 1.54) is 0 Å². The van der Waals surface area contributed by atoms with E-state index >= 15 is 0 Å². The van der Waals surface area contributed by atoms with Gasteiger partial charge < -0.3 is 29.2 Å². The van der Waals surface area contributed by atoms with Crippen LogP contribution in [0.5, 0.6) is 11.8 Å². The van der Waals surface area contributed by atoms with Crippen molar-refractivity contribution >= 4 is 11.9 Å². The fraction of sp³-hybridized carbons (Fsp3) is 0.684. The fourth-order valence-corrected chi connectivity index (χ4v) is 8.79. The van der Waals surface area contributed by atoms with E-state index in [1.54, 1.807) is 14.2 Å². The molecule has 0 unspecified atom stereocenters. The molecular formula is C38H54N2O8. The monoisotopic (exact) mass is 666 g/mol. The third-order valence-corrected chi connectivity index (χ3v) is 11.1. The number of methoxy groups -OCH3 is 2. The maximum Gasteiger partial charge on any atom is 0.306 e. The van der Waals surface area contributed by atoms with Gasteiger partial charge in [0, 0.05) is 23.5 Å². The topological polar surface area (TPSA) is 137 Å². The summed E-state index contributed by atoms with van der Waals surface area (Å²) < 4.78 is 20.9. The predicted molar refractivity (Wildman–Crippen MR) is 180 cm³/mol. The van der Waals surface area contributed by atoms with Crippen LogP contribution >= 0.6 is 0 Å². The van der Waals surface area contributed by atoms with Crippen molar-refractivity contribution in [3.8, 4) is 11.8 Å². The molecule has 0 amide bonds. The Hall–Kier alpha value is -3.24. The molecule has 2 heterocycles. The average molecular weight is 667 g/mol. The summed E-state index contributed by atoms with van der Waals surface area (Å²) in [6, 6.07) is 7.80. The SMILES string of the molecule is CCOC(=O)C[C@H]1C[C@@H]2[C@@H](CCC[C@@H]2O)Cc2nc(OC)ccc21.CCOC(=O)C[C@H]1C[C@@H]2[C@@H](CCC[C@@H]2O)Cc2nc(OC)ccc21. The number of hydrogen-bond donors (Lipinski definition) is 2. The Morgan fingerprint density at radius 1 is 0.688 bits per heavy atom. The van der Waals surface area contributed by atoms with E-state index < -0.39 is 0 Å². The molecular weight excluding hydrogens is 612 g/mol. The van der Waals surface area contributed by atoms with Crippen molar-refractivity contribution in [3.05, 3.63) is 46.8 Å². The summed E-state index contributed by atoms with van der Waals surface area (Å²) in [6.07, 6.45) is 9.59. The fourth-order valence-electron chi connectivity index (χ4n) is 8.79. The maximum absolute atomic E-state index is 12.1. The van der Waals surface area contributed by atoms with Crippen LogP contribution in [0.25, 0.3) is 0 Å². The second-order valence-corrected chi connectivity index (χ2v) is 13.9. The molecule has 0 radical (unpaired) electrons. The largest absolute Gasteiger partial charge is 0.481 e. The second kappa shape index (κ2) is 16.9. The molecule has 264 valence electrons. The number of rotatable bonds is 8. The molecule has 10 nitrogen and oxygen atoms in total. The zero-order chi connectivity index (χ0) is 34.2. The van der Waals surface area contributed by atoms with Crippen LogP contribution in [0.3, 0.4) is 0 Å². The zero-order valence-electron chi connectivity index (χ0n) is 29.1. The highest BCUT2D eigenvalue weighted by atomic mass is 16.5. The standard InChI is InChI=1S/2C19H27NO4/c2*1-3-24-19(22)11-13-9-15-12(5-4-6-17(15)21)10-16-14(13)7-8-18(20-16)23-2/h2*7-8,12-13,15,17,21H,3-6,9-11H2,1-2H3/t2*12-,13+,15+,17-/m00/s1. The number of aromatic nitrogens is 2. The van der Waals surface area contributed by atoms with Crippen molar-refractivity contribution in [3.63, 3.8) is 0 Å². The lowest BCUT2D eigenvalue weighted by Crippen LogP contribution is -2.33. The summed E-state index contributed by atoms with van der Waals surface area (Å²) in [7, 11) is 3.24. The van der Waals surface area contributed by atoms with Gasteiger partial charge in [0.25, 0.3) is 0 Å². The molecule has 4 aliphatic rings. The first-order chi connectivity index (χ1) is 23.2. The van der Waals surface area contributed by atoms with Crippen molar-refractivity contribution in [2.75, 3.05) is 27.4 Å². The summed E-state index contributed by atoms with van der Waals surface area (Å²) in [5.41, 5.74) is 4.27. The molecule has 2 fully saturated rings. The van der Waals surface area contributed by atoms with Gasteiger partial charge in [-0.3, -0.25) is 9.59 Å². The second-order valence-electron chi connectivity index (χ2n) is 13.9. The summed E-state index contributed by atoms with van der Waals surface area (Å²) in [5.74, 6) is 2.31. The number of nitrogens with zero attached hydrogens (tertiary/aromatic N) is 2. The van der Waals surface area contributed by atoms with Gasteiger partial charge in [-0.25, -0.2) is 9.97 Å². The molecule has 6 rings (SSSR count). The third-order valence-electron chi connectivity index (χ3n) is 11.1. The average Bonchev–Trinajstić information content (AvgIpc) is 3.33. The van der Waals surface area contributed by atoms with Crippen LogP contribution in [0.2, 0.25) is 0 Å². The van der Waals surface area contributed by atoms with Gasteiger partial charge in [-0.1, -0.05) is 25.0 Å². The molecule has 10 heteroatoms. The highest BCUT2D eigenvalue weighted by Gasteiger charge is 2.40. The molecule has 0 bridgehead atoms. The molecule has 8 atom stereocenters. The molecule has 48 heavy (non-hydrogen) atoms. The number of pyridine rings is 2. The number of carbonyl (C=O) groups is 2. The quantitative estimate of drug-likeness (QED) is 0.338. The molecule has 2 aromatic rings. The van der Waals surface area contributed by atoms with Gasteiger partial charge in [0.15, 0.2) is 0 Å². The number of aliphatic hydroxyl groups is 2. The van der Waals surface area contributed by atoms with Crippen LogP contribution in [0, 0.1) is 23.7 Å². The molecule has 0 saturated heterocycles. The molecule has 0 aromatic carbocycles. The van der Waals surface area contributed by atoms with Gasteiger partial charge in [-0.05, 0) is 112 Å². The Morgan fingerprint density at radius 2 is 1.10 bits per heavy atom. The van der Waals surface area contributed by atoms with E-state index in [0.717, 1.165) is 86.7 Å². The van der Waals surface area contributed by atoms with E-state index in [0.29, 0.717) is 49.7 Å². The van der Waals surface area contributed by atoms with Crippen molar-refractivity contribution in [2.24, 2.45) is 23.7 Å². The lowest BCUT2D eigenvalue weighted by molar-refractivity contribution is -0.144.